The summed E-state index contributed by atoms with van der Waals surface area (Å²) in [5.41, 5.74) is 1.22. The molecule has 0 atom stereocenters. The Morgan fingerprint density at radius 3 is 2.39 bits per heavy atom. The minimum atomic E-state index is -3.31. The molecule has 166 valence electrons. The Morgan fingerprint density at radius 1 is 1.06 bits per heavy atom. The third kappa shape index (κ3) is 5.41. The van der Waals surface area contributed by atoms with Crippen molar-refractivity contribution < 1.29 is 17.9 Å². The van der Waals surface area contributed by atoms with Crippen LogP contribution >= 0.6 is 11.3 Å². The molecule has 2 aromatic carbocycles. The third-order valence-corrected chi connectivity index (χ3v) is 7.54. The van der Waals surface area contributed by atoms with E-state index in [0.717, 1.165) is 16.0 Å². The highest BCUT2D eigenvalue weighted by Crippen LogP contribution is 2.32. The molecule has 0 N–H and O–H groups in total. The zero-order chi connectivity index (χ0) is 22.6. The van der Waals surface area contributed by atoms with Gasteiger partial charge in [-0.2, -0.15) is 0 Å². The van der Waals surface area contributed by atoms with Crippen molar-refractivity contribution in [1.82, 2.24) is 9.88 Å². The molecule has 0 radical (unpaired) electrons. The van der Waals surface area contributed by atoms with Crippen LogP contribution < -0.4 is 9.64 Å². The molecule has 0 aliphatic rings. The molecule has 0 unspecified atom stereocenters. The van der Waals surface area contributed by atoms with E-state index in [4.69, 9.17) is 4.74 Å². The number of hydrogen-bond acceptors (Lipinski definition) is 7. The first-order valence-electron chi connectivity index (χ1n) is 10.1. The zero-order valence-electron chi connectivity index (χ0n) is 18.2. The SMILES string of the molecule is CCOc1ccc2nc(N(CCN(C)C)C(=O)c3ccc(S(=O)(=O)CC)cc3)sc2c1. The number of ether oxygens (including phenoxy) is 1. The Hall–Kier alpha value is -2.49. The minimum Gasteiger partial charge on any atom is -0.494 e. The number of rotatable bonds is 9. The first-order valence-corrected chi connectivity index (χ1v) is 12.5. The Balaban J connectivity index is 1.95. The van der Waals surface area contributed by atoms with Gasteiger partial charge >= 0.3 is 0 Å². The summed E-state index contributed by atoms with van der Waals surface area (Å²) < 4.78 is 30.6. The number of amides is 1. The number of fused-ring (bicyclic) bond motifs is 1. The standard InChI is InChI=1S/C22H27N3O4S2/c1-5-29-17-9-12-19-20(15-17)30-22(23-19)25(14-13-24(3)4)21(26)16-7-10-18(11-8-16)31(27,28)6-2/h7-12,15H,5-6,13-14H2,1-4H3. The van der Waals surface area contributed by atoms with E-state index in [1.807, 2.05) is 44.1 Å². The van der Waals surface area contributed by atoms with Gasteiger partial charge in [0.05, 0.1) is 27.5 Å². The van der Waals surface area contributed by atoms with Crippen LogP contribution in [0.1, 0.15) is 24.2 Å². The van der Waals surface area contributed by atoms with Crippen LogP contribution in [0.4, 0.5) is 5.13 Å². The van der Waals surface area contributed by atoms with Crippen LogP contribution in [-0.4, -0.2) is 63.8 Å². The van der Waals surface area contributed by atoms with Gasteiger partial charge in [-0.05, 0) is 63.5 Å². The number of benzene rings is 2. The smallest absolute Gasteiger partial charge is 0.260 e. The van der Waals surface area contributed by atoms with Gasteiger partial charge in [0.2, 0.25) is 0 Å². The molecule has 0 aliphatic heterocycles. The molecule has 31 heavy (non-hydrogen) atoms. The normalized spacial score (nSPS) is 11.8. The van der Waals surface area contributed by atoms with E-state index in [9.17, 15) is 13.2 Å². The quantitative estimate of drug-likeness (QED) is 0.483. The van der Waals surface area contributed by atoms with Crippen LogP contribution in [0, 0.1) is 0 Å². The number of aromatic nitrogens is 1. The predicted molar refractivity (Wildman–Crippen MR) is 125 cm³/mol. The molecule has 0 fully saturated rings. The van der Waals surface area contributed by atoms with Crippen molar-refractivity contribution in [1.29, 1.82) is 0 Å². The van der Waals surface area contributed by atoms with Crippen molar-refractivity contribution in [2.75, 3.05) is 44.4 Å². The molecule has 7 nitrogen and oxygen atoms in total. The maximum atomic E-state index is 13.3. The number of likely N-dealkylation sites (N-methyl/N-ethyl adjacent to an activating group) is 1. The maximum Gasteiger partial charge on any atom is 0.260 e. The Bertz CT molecular complexity index is 1160. The number of nitrogens with zero attached hydrogens (tertiary/aromatic N) is 3. The summed E-state index contributed by atoms with van der Waals surface area (Å²) in [6, 6.07) is 11.8. The molecule has 1 aromatic heterocycles. The molecule has 1 amide bonds. The summed E-state index contributed by atoms with van der Waals surface area (Å²) in [7, 11) is 0.574. The molecule has 1 heterocycles. The molecule has 3 rings (SSSR count). The molecule has 0 aliphatic carbocycles. The lowest BCUT2D eigenvalue weighted by Gasteiger charge is -2.22. The molecular weight excluding hydrogens is 434 g/mol. The largest absolute Gasteiger partial charge is 0.494 e. The van der Waals surface area contributed by atoms with Gasteiger partial charge in [-0.3, -0.25) is 9.69 Å². The first kappa shape index (κ1) is 23.2. The predicted octanol–water partition coefficient (Wildman–Crippen LogP) is 3.70. The fourth-order valence-corrected chi connectivity index (χ4v) is 4.88. The van der Waals surface area contributed by atoms with Gasteiger partial charge in [-0.15, -0.1) is 0 Å². The van der Waals surface area contributed by atoms with Crippen molar-refractivity contribution >= 4 is 42.4 Å². The number of thiazole rings is 1. The van der Waals surface area contributed by atoms with Crippen LogP contribution in [0.3, 0.4) is 0 Å². The van der Waals surface area contributed by atoms with Gasteiger partial charge in [0.15, 0.2) is 15.0 Å². The lowest BCUT2D eigenvalue weighted by molar-refractivity contribution is 0.0985. The Morgan fingerprint density at radius 2 is 1.77 bits per heavy atom. The summed E-state index contributed by atoms with van der Waals surface area (Å²) in [4.78, 5) is 21.9. The van der Waals surface area contributed by atoms with Crippen LogP contribution in [0.25, 0.3) is 10.2 Å². The van der Waals surface area contributed by atoms with Crippen molar-refractivity contribution in [2.24, 2.45) is 0 Å². The molecule has 0 bridgehead atoms. The second-order valence-electron chi connectivity index (χ2n) is 7.25. The van der Waals surface area contributed by atoms with Gasteiger partial charge in [0.1, 0.15) is 5.75 Å². The topological polar surface area (TPSA) is 79.8 Å². The third-order valence-electron chi connectivity index (χ3n) is 4.75. The van der Waals surface area contributed by atoms with Crippen LogP contribution in [-0.2, 0) is 9.84 Å². The second-order valence-corrected chi connectivity index (χ2v) is 10.5. The second kappa shape index (κ2) is 9.76. The van der Waals surface area contributed by atoms with Gasteiger partial charge in [0.25, 0.3) is 5.91 Å². The zero-order valence-corrected chi connectivity index (χ0v) is 19.8. The fraction of sp³-hybridized carbons (Fsp3) is 0.364. The minimum absolute atomic E-state index is 0.0185. The molecular formula is C22H27N3O4S2. The van der Waals surface area contributed by atoms with E-state index in [1.54, 1.807) is 24.0 Å². The summed E-state index contributed by atoms with van der Waals surface area (Å²) >= 11 is 1.43. The van der Waals surface area contributed by atoms with E-state index < -0.39 is 9.84 Å². The summed E-state index contributed by atoms with van der Waals surface area (Å²) in [6.45, 7) is 5.23. The molecule has 9 heteroatoms. The lowest BCUT2D eigenvalue weighted by atomic mass is 10.2. The molecule has 3 aromatic rings. The summed E-state index contributed by atoms with van der Waals surface area (Å²) in [6.07, 6.45) is 0. The Labute approximate surface area is 187 Å². The van der Waals surface area contributed by atoms with E-state index in [-0.39, 0.29) is 16.6 Å². The highest BCUT2D eigenvalue weighted by Gasteiger charge is 2.22. The van der Waals surface area contributed by atoms with E-state index in [1.165, 1.54) is 23.5 Å². The highest BCUT2D eigenvalue weighted by molar-refractivity contribution is 7.91. The van der Waals surface area contributed by atoms with Crippen LogP contribution in [0.5, 0.6) is 5.75 Å². The van der Waals surface area contributed by atoms with Gasteiger partial charge in [0, 0.05) is 18.7 Å². The Kier molecular flexibility index (Phi) is 7.30. The van der Waals surface area contributed by atoms with Crippen molar-refractivity contribution in [3.8, 4) is 5.75 Å². The first-order chi connectivity index (χ1) is 14.7. The number of anilines is 1. The lowest BCUT2D eigenvalue weighted by Crippen LogP contribution is -2.36. The maximum absolute atomic E-state index is 13.3. The van der Waals surface area contributed by atoms with Gasteiger partial charge in [-0.25, -0.2) is 13.4 Å². The average Bonchev–Trinajstić information content (AvgIpc) is 3.17. The monoisotopic (exact) mass is 461 g/mol. The van der Waals surface area contributed by atoms with E-state index in [2.05, 4.69) is 4.98 Å². The summed E-state index contributed by atoms with van der Waals surface area (Å²) in [5.74, 6) is 0.570. The fourth-order valence-electron chi connectivity index (χ4n) is 2.98. The van der Waals surface area contributed by atoms with E-state index >= 15 is 0 Å². The van der Waals surface area contributed by atoms with Crippen LogP contribution in [0.2, 0.25) is 0 Å². The molecule has 0 saturated heterocycles. The number of hydrogen-bond donors (Lipinski definition) is 0. The molecule has 0 spiro atoms. The molecule has 0 saturated carbocycles. The van der Waals surface area contributed by atoms with Crippen molar-refractivity contribution in [2.45, 2.75) is 18.7 Å². The average molecular weight is 462 g/mol. The van der Waals surface area contributed by atoms with Crippen molar-refractivity contribution in [3.05, 3.63) is 48.0 Å². The highest BCUT2D eigenvalue weighted by atomic mass is 32.2. The van der Waals surface area contributed by atoms with Crippen molar-refractivity contribution in [3.63, 3.8) is 0 Å². The summed E-state index contributed by atoms with van der Waals surface area (Å²) in [5, 5.41) is 0.598. The van der Waals surface area contributed by atoms with Gasteiger partial charge < -0.3 is 9.64 Å². The number of carbonyl (C=O) groups excluding carboxylic acids is 1. The van der Waals surface area contributed by atoms with E-state index in [0.29, 0.717) is 30.4 Å². The van der Waals surface area contributed by atoms with Crippen LogP contribution in [0.15, 0.2) is 47.4 Å². The number of carbonyl (C=O) groups is 1. The number of sulfone groups is 1. The van der Waals surface area contributed by atoms with Gasteiger partial charge in [-0.1, -0.05) is 18.3 Å².